The Morgan fingerprint density at radius 1 is 1.10 bits per heavy atom. The molecule has 2 fully saturated rings. The second-order valence-electron chi connectivity index (χ2n) is 9.23. The van der Waals surface area contributed by atoms with Gasteiger partial charge in [-0.1, -0.05) is 24.3 Å². The van der Waals surface area contributed by atoms with Gasteiger partial charge in [-0.15, -0.1) is 0 Å². The Morgan fingerprint density at radius 3 is 2.53 bits per heavy atom. The summed E-state index contributed by atoms with van der Waals surface area (Å²) >= 11 is 0. The summed E-state index contributed by atoms with van der Waals surface area (Å²) in [5, 5.41) is 0. The molecule has 162 valence electrons. The zero-order valence-corrected chi connectivity index (χ0v) is 18.8. The molecule has 1 aromatic heterocycles. The van der Waals surface area contributed by atoms with Gasteiger partial charge in [-0.2, -0.15) is 0 Å². The number of nitrogens with zero attached hydrogens (tertiary/aromatic N) is 1. The van der Waals surface area contributed by atoms with Gasteiger partial charge in [-0.05, 0) is 45.2 Å². The molecule has 4 rings (SSSR count). The summed E-state index contributed by atoms with van der Waals surface area (Å²) < 4.78 is 8.09. The number of ether oxygens (including phenoxy) is 1. The summed E-state index contributed by atoms with van der Waals surface area (Å²) in [5.74, 6) is 0.291. The molecule has 0 radical (unpaired) electrons. The molecule has 3 heterocycles. The van der Waals surface area contributed by atoms with Crippen molar-refractivity contribution >= 4 is 5.78 Å². The van der Waals surface area contributed by atoms with Crippen LogP contribution >= 0.6 is 0 Å². The molecule has 1 atom stereocenters. The van der Waals surface area contributed by atoms with Crippen LogP contribution in [0.3, 0.4) is 0 Å². The Morgan fingerprint density at radius 2 is 1.83 bits per heavy atom. The van der Waals surface area contributed by atoms with E-state index in [-0.39, 0.29) is 0 Å². The van der Waals surface area contributed by atoms with Gasteiger partial charge in [0.25, 0.3) is 0 Å². The van der Waals surface area contributed by atoms with E-state index in [4.69, 9.17) is 4.74 Å². The fourth-order valence-corrected chi connectivity index (χ4v) is 5.07. The number of rotatable bonds is 7. The number of aromatic nitrogens is 1. The Bertz CT molecular complexity index is 875. The van der Waals surface area contributed by atoms with E-state index >= 15 is 0 Å². The second-order valence-corrected chi connectivity index (χ2v) is 9.23. The molecule has 30 heavy (non-hydrogen) atoms. The maximum atomic E-state index is 13.1. The first-order valence-corrected chi connectivity index (χ1v) is 11.5. The minimum absolute atomic E-state index is 0.291. The molecule has 0 amide bonds. The number of piperazine rings is 1. The molecule has 5 nitrogen and oxygen atoms in total. The molecule has 0 bridgehead atoms. The smallest absolute Gasteiger partial charge is 0.218 e. The topological polar surface area (TPSA) is 40.1 Å². The highest BCUT2D eigenvalue weighted by molar-refractivity contribution is 5.98. The Balaban J connectivity index is 1.31. The molecule has 2 aliphatic rings. The van der Waals surface area contributed by atoms with E-state index in [1.54, 1.807) is 4.90 Å². The number of hydrogen-bond acceptors (Lipinski definition) is 2. The number of hydrogen-bond donors (Lipinski definition) is 2. The number of carbonyl (C=O) groups excluding carboxylic acids is 1. The lowest BCUT2D eigenvalue weighted by molar-refractivity contribution is -1.01. The maximum absolute atomic E-state index is 13.1. The van der Waals surface area contributed by atoms with E-state index in [2.05, 4.69) is 55.7 Å². The summed E-state index contributed by atoms with van der Waals surface area (Å²) in [4.78, 5) is 16.1. The van der Waals surface area contributed by atoms with Crippen molar-refractivity contribution in [3.05, 3.63) is 58.4 Å². The van der Waals surface area contributed by atoms with Crippen molar-refractivity contribution in [1.82, 2.24) is 4.57 Å². The standard InChI is InChI=1S/C25H35N3O2/c1-19-7-4-5-8-22(19)16-26-10-12-27(13-11-26)18-25(29)24-15-20(2)28(21(24)3)17-23-9-6-14-30-23/h4-5,7-8,15,23H,6,9-14,16-18H2,1-3H3/p+2/t23-/m0/s1. The van der Waals surface area contributed by atoms with E-state index in [1.165, 1.54) is 21.7 Å². The van der Waals surface area contributed by atoms with Crippen LogP contribution in [0.2, 0.25) is 0 Å². The van der Waals surface area contributed by atoms with E-state index < -0.39 is 0 Å². The largest absolute Gasteiger partial charge is 0.376 e. The third kappa shape index (κ3) is 4.85. The molecular formula is C25H37N3O2+2. The molecule has 2 aromatic rings. The Kier molecular flexibility index (Phi) is 6.71. The summed E-state index contributed by atoms with van der Waals surface area (Å²) in [5.41, 5.74) is 6.02. The van der Waals surface area contributed by atoms with Gasteiger partial charge in [0.2, 0.25) is 5.78 Å². The SMILES string of the molecule is Cc1ccccc1C[NH+]1CC[NH+](CC(=O)c2cc(C)n(C[C@@H]3CCCO3)c2C)CC1. The summed E-state index contributed by atoms with van der Waals surface area (Å²) in [6.07, 6.45) is 2.57. The fourth-order valence-electron chi connectivity index (χ4n) is 5.07. The van der Waals surface area contributed by atoms with Crippen molar-refractivity contribution in [2.75, 3.05) is 39.3 Å². The van der Waals surface area contributed by atoms with Gasteiger partial charge in [0, 0.05) is 35.7 Å². The van der Waals surface area contributed by atoms with Crippen molar-refractivity contribution in [2.45, 2.75) is 52.8 Å². The van der Waals surface area contributed by atoms with Crippen molar-refractivity contribution in [3.8, 4) is 0 Å². The molecule has 1 aromatic carbocycles. The predicted octanol–water partition coefficient (Wildman–Crippen LogP) is 0.759. The van der Waals surface area contributed by atoms with Gasteiger partial charge in [0.05, 0.1) is 6.10 Å². The number of Topliss-reactive ketones (excluding diaryl/α,β-unsaturated/α-hetero) is 1. The Hall–Kier alpha value is -1.95. The van der Waals surface area contributed by atoms with Crippen LogP contribution in [0.4, 0.5) is 0 Å². The summed E-state index contributed by atoms with van der Waals surface area (Å²) in [6.45, 7) is 14.3. The number of aryl methyl sites for hydroxylation is 2. The number of ketones is 1. The van der Waals surface area contributed by atoms with Crippen molar-refractivity contribution in [2.24, 2.45) is 0 Å². The highest BCUT2D eigenvalue weighted by atomic mass is 16.5. The van der Waals surface area contributed by atoms with Crippen LogP contribution < -0.4 is 9.80 Å². The number of nitrogens with one attached hydrogen (secondary N) is 2. The monoisotopic (exact) mass is 411 g/mol. The van der Waals surface area contributed by atoms with E-state index in [0.717, 1.165) is 70.0 Å². The minimum Gasteiger partial charge on any atom is -0.376 e. The van der Waals surface area contributed by atoms with Crippen LogP contribution in [-0.2, 0) is 17.8 Å². The highest BCUT2D eigenvalue weighted by Gasteiger charge is 2.27. The minimum atomic E-state index is 0.291. The first kappa shape index (κ1) is 21.3. The second kappa shape index (κ2) is 9.46. The third-order valence-corrected chi connectivity index (χ3v) is 7.06. The molecule has 2 saturated heterocycles. The van der Waals surface area contributed by atoms with Crippen LogP contribution in [-0.4, -0.2) is 55.8 Å². The molecule has 0 unspecified atom stereocenters. The van der Waals surface area contributed by atoms with E-state index in [1.807, 2.05) is 0 Å². The maximum Gasteiger partial charge on any atom is 0.218 e. The van der Waals surface area contributed by atoms with Crippen molar-refractivity contribution in [1.29, 1.82) is 0 Å². The molecule has 5 heteroatoms. The average molecular weight is 412 g/mol. The number of carbonyl (C=O) groups is 1. The third-order valence-electron chi connectivity index (χ3n) is 7.06. The van der Waals surface area contributed by atoms with Crippen LogP contribution in [0.15, 0.2) is 30.3 Å². The summed E-state index contributed by atoms with van der Waals surface area (Å²) in [6, 6.07) is 10.8. The average Bonchev–Trinajstić information content (AvgIpc) is 3.35. The highest BCUT2D eigenvalue weighted by Crippen LogP contribution is 2.20. The van der Waals surface area contributed by atoms with Crippen LogP contribution in [0.1, 0.15) is 45.7 Å². The Labute approximate surface area is 180 Å². The van der Waals surface area contributed by atoms with Gasteiger partial charge in [-0.25, -0.2) is 0 Å². The zero-order valence-electron chi connectivity index (χ0n) is 18.8. The molecule has 2 N–H and O–H groups in total. The van der Waals surface area contributed by atoms with Gasteiger partial charge in [0.1, 0.15) is 39.3 Å². The van der Waals surface area contributed by atoms with Crippen LogP contribution in [0, 0.1) is 20.8 Å². The van der Waals surface area contributed by atoms with Gasteiger partial charge in [0.15, 0.2) is 0 Å². The van der Waals surface area contributed by atoms with Gasteiger partial charge < -0.3 is 19.1 Å². The zero-order chi connectivity index (χ0) is 21.1. The van der Waals surface area contributed by atoms with Gasteiger partial charge >= 0.3 is 0 Å². The van der Waals surface area contributed by atoms with E-state index in [9.17, 15) is 4.79 Å². The molecule has 2 aliphatic heterocycles. The lowest BCUT2D eigenvalue weighted by Crippen LogP contribution is -3.27. The van der Waals surface area contributed by atoms with Gasteiger partial charge in [-0.3, -0.25) is 4.79 Å². The molecular weight excluding hydrogens is 374 g/mol. The summed E-state index contributed by atoms with van der Waals surface area (Å²) in [7, 11) is 0. The van der Waals surface area contributed by atoms with E-state index in [0.29, 0.717) is 18.4 Å². The first-order chi connectivity index (χ1) is 14.5. The van der Waals surface area contributed by atoms with Crippen LogP contribution in [0.25, 0.3) is 0 Å². The van der Waals surface area contributed by atoms with Crippen molar-refractivity contribution in [3.63, 3.8) is 0 Å². The normalized spacial score (nSPS) is 24.3. The van der Waals surface area contributed by atoms with Crippen LogP contribution in [0.5, 0.6) is 0 Å². The number of quaternary nitrogens is 2. The number of benzene rings is 1. The molecule has 0 saturated carbocycles. The van der Waals surface area contributed by atoms with Crippen molar-refractivity contribution < 1.29 is 19.3 Å². The predicted molar refractivity (Wildman–Crippen MR) is 118 cm³/mol. The molecule has 0 aliphatic carbocycles. The quantitative estimate of drug-likeness (QED) is 0.661. The molecule has 0 spiro atoms. The lowest BCUT2D eigenvalue weighted by atomic mass is 10.1. The lowest BCUT2D eigenvalue weighted by Gasteiger charge is -2.29. The first-order valence-electron chi connectivity index (χ1n) is 11.5. The fraction of sp³-hybridized carbons (Fsp3) is 0.560.